The van der Waals surface area contributed by atoms with Crippen molar-refractivity contribution in [2.75, 3.05) is 19.6 Å². The number of nitrogens with zero attached hydrogens (tertiary/aromatic N) is 2. The van der Waals surface area contributed by atoms with Gasteiger partial charge in [0.25, 0.3) is 5.91 Å². The number of carbonyl (C=O) groups excluding carboxylic acids is 1. The minimum absolute atomic E-state index is 0.168. The summed E-state index contributed by atoms with van der Waals surface area (Å²) in [5.74, 6) is 0.695. The number of hydrogen-bond acceptors (Lipinski definition) is 4. The van der Waals surface area contributed by atoms with Gasteiger partial charge in [0.1, 0.15) is 0 Å². The minimum Gasteiger partial charge on any atom is -0.351 e. The molecular weight excluding hydrogens is 230 g/mol. The van der Waals surface area contributed by atoms with E-state index in [1.165, 1.54) is 6.20 Å². The SMILES string of the molecule is CC(C)N1CCC(CNC(=O)c2ccno2)CC1. The molecule has 0 saturated carbocycles. The fourth-order valence-corrected chi connectivity index (χ4v) is 2.33. The largest absolute Gasteiger partial charge is 0.351 e. The lowest BCUT2D eigenvalue weighted by atomic mass is 9.96. The Hall–Kier alpha value is -1.36. The summed E-state index contributed by atoms with van der Waals surface area (Å²) in [5.41, 5.74) is 0. The van der Waals surface area contributed by atoms with Gasteiger partial charge in [0.05, 0.1) is 6.20 Å². The van der Waals surface area contributed by atoms with Crippen molar-refractivity contribution in [2.45, 2.75) is 32.7 Å². The van der Waals surface area contributed by atoms with Crippen LogP contribution >= 0.6 is 0 Å². The molecule has 1 aromatic rings. The summed E-state index contributed by atoms with van der Waals surface area (Å²) in [6, 6.07) is 2.20. The first-order valence-electron chi connectivity index (χ1n) is 6.59. The molecule has 0 unspecified atom stereocenters. The van der Waals surface area contributed by atoms with Crippen molar-refractivity contribution in [2.24, 2.45) is 5.92 Å². The van der Waals surface area contributed by atoms with Gasteiger partial charge in [-0.1, -0.05) is 5.16 Å². The van der Waals surface area contributed by atoms with Gasteiger partial charge in [-0.05, 0) is 45.7 Å². The van der Waals surface area contributed by atoms with Crippen LogP contribution < -0.4 is 5.32 Å². The monoisotopic (exact) mass is 251 g/mol. The normalized spacial score (nSPS) is 18.2. The molecule has 1 fully saturated rings. The summed E-state index contributed by atoms with van der Waals surface area (Å²) in [4.78, 5) is 14.1. The summed E-state index contributed by atoms with van der Waals surface area (Å²) in [5, 5.41) is 6.43. The van der Waals surface area contributed by atoms with Crippen LogP contribution in [0, 0.1) is 5.92 Å². The molecule has 1 aliphatic rings. The lowest BCUT2D eigenvalue weighted by Gasteiger charge is -2.34. The maximum absolute atomic E-state index is 11.7. The molecule has 5 nitrogen and oxygen atoms in total. The second kappa shape index (κ2) is 6.00. The van der Waals surface area contributed by atoms with E-state index in [2.05, 4.69) is 29.2 Å². The zero-order chi connectivity index (χ0) is 13.0. The van der Waals surface area contributed by atoms with Crippen LogP contribution in [0.15, 0.2) is 16.8 Å². The van der Waals surface area contributed by atoms with E-state index in [1.807, 2.05) is 0 Å². The van der Waals surface area contributed by atoms with E-state index in [0.29, 0.717) is 12.0 Å². The Bertz CT molecular complexity index is 368. The van der Waals surface area contributed by atoms with Crippen molar-refractivity contribution in [3.8, 4) is 0 Å². The van der Waals surface area contributed by atoms with E-state index in [1.54, 1.807) is 6.07 Å². The lowest BCUT2D eigenvalue weighted by molar-refractivity contribution is 0.0893. The second-order valence-corrected chi connectivity index (χ2v) is 5.16. The molecule has 0 atom stereocenters. The number of likely N-dealkylation sites (tertiary alicyclic amines) is 1. The van der Waals surface area contributed by atoms with Crippen molar-refractivity contribution in [3.63, 3.8) is 0 Å². The third-order valence-electron chi connectivity index (χ3n) is 3.59. The van der Waals surface area contributed by atoms with Crippen LogP contribution in [0.5, 0.6) is 0 Å². The van der Waals surface area contributed by atoms with E-state index in [9.17, 15) is 4.79 Å². The Morgan fingerprint density at radius 2 is 2.28 bits per heavy atom. The van der Waals surface area contributed by atoms with Crippen LogP contribution in [0.1, 0.15) is 37.2 Å². The first-order chi connectivity index (χ1) is 8.66. The maximum Gasteiger partial charge on any atom is 0.289 e. The van der Waals surface area contributed by atoms with Gasteiger partial charge in [-0.2, -0.15) is 0 Å². The highest BCUT2D eigenvalue weighted by Gasteiger charge is 2.21. The van der Waals surface area contributed by atoms with Gasteiger partial charge in [0, 0.05) is 18.7 Å². The van der Waals surface area contributed by atoms with E-state index >= 15 is 0 Å². The van der Waals surface area contributed by atoms with Gasteiger partial charge in [-0.15, -0.1) is 0 Å². The molecule has 0 bridgehead atoms. The predicted molar refractivity (Wildman–Crippen MR) is 68.3 cm³/mol. The van der Waals surface area contributed by atoms with Gasteiger partial charge in [0.2, 0.25) is 5.76 Å². The van der Waals surface area contributed by atoms with Crippen molar-refractivity contribution < 1.29 is 9.32 Å². The third kappa shape index (κ3) is 3.32. The topological polar surface area (TPSA) is 58.4 Å². The Balaban J connectivity index is 1.71. The van der Waals surface area contributed by atoms with Gasteiger partial charge < -0.3 is 14.7 Å². The van der Waals surface area contributed by atoms with Crippen LogP contribution in [0.3, 0.4) is 0 Å². The second-order valence-electron chi connectivity index (χ2n) is 5.16. The quantitative estimate of drug-likeness (QED) is 0.881. The molecule has 0 aromatic carbocycles. The van der Waals surface area contributed by atoms with Gasteiger partial charge in [-0.25, -0.2) is 0 Å². The number of nitrogens with one attached hydrogen (secondary N) is 1. The highest BCUT2D eigenvalue weighted by atomic mass is 16.5. The summed E-state index contributed by atoms with van der Waals surface area (Å²) in [7, 11) is 0. The fraction of sp³-hybridized carbons (Fsp3) is 0.692. The fourth-order valence-electron chi connectivity index (χ4n) is 2.33. The number of hydrogen-bond donors (Lipinski definition) is 1. The Kier molecular flexibility index (Phi) is 4.36. The molecule has 1 amide bonds. The van der Waals surface area contributed by atoms with E-state index in [0.717, 1.165) is 32.5 Å². The molecule has 1 aliphatic heterocycles. The molecule has 100 valence electrons. The number of piperidine rings is 1. The van der Waals surface area contributed by atoms with Crippen LogP contribution in [0.25, 0.3) is 0 Å². The smallest absolute Gasteiger partial charge is 0.289 e. The van der Waals surface area contributed by atoms with Crippen molar-refractivity contribution in [1.82, 2.24) is 15.4 Å². The van der Waals surface area contributed by atoms with Crippen molar-refractivity contribution >= 4 is 5.91 Å². The summed E-state index contributed by atoms with van der Waals surface area (Å²) >= 11 is 0. The average molecular weight is 251 g/mol. The summed E-state index contributed by atoms with van der Waals surface area (Å²) < 4.78 is 4.81. The minimum atomic E-state index is -0.168. The Labute approximate surface area is 108 Å². The van der Waals surface area contributed by atoms with Gasteiger partial charge in [-0.3, -0.25) is 4.79 Å². The molecule has 2 rings (SSSR count). The number of carbonyl (C=O) groups is 1. The third-order valence-corrected chi connectivity index (χ3v) is 3.59. The molecule has 1 saturated heterocycles. The zero-order valence-corrected chi connectivity index (χ0v) is 11.1. The highest BCUT2D eigenvalue weighted by molar-refractivity contribution is 5.91. The lowest BCUT2D eigenvalue weighted by Crippen LogP contribution is -2.41. The summed E-state index contributed by atoms with van der Waals surface area (Å²) in [6.07, 6.45) is 3.78. The van der Waals surface area contributed by atoms with E-state index < -0.39 is 0 Å². The van der Waals surface area contributed by atoms with E-state index in [4.69, 9.17) is 4.52 Å². The van der Waals surface area contributed by atoms with E-state index in [-0.39, 0.29) is 11.7 Å². The molecule has 0 radical (unpaired) electrons. The number of amides is 1. The maximum atomic E-state index is 11.7. The van der Waals surface area contributed by atoms with Gasteiger partial charge >= 0.3 is 0 Å². The molecule has 2 heterocycles. The van der Waals surface area contributed by atoms with Crippen molar-refractivity contribution in [1.29, 1.82) is 0 Å². The molecule has 5 heteroatoms. The standard InChI is InChI=1S/C13H21N3O2/c1-10(2)16-7-4-11(5-8-16)9-14-13(17)12-3-6-15-18-12/h3,6,10-11H,4-5,7-9H2,1-2H3,(H,14,17). The Morgan fingerprint density at radius 1 is 1.56 bits per heavy atom. The molecule has 0 spiro atoms. The Morgan fingerprint density at radius 3 is 2.83 bits per heavy atom. The molecular formula is C13H21N3O2. The average Bonchev–Trinajstić information content (AvgIpc) is 2.90. The summed E-state index contributed by atoms with van der Waals surface area (Å²) in [6.45, 7) is 7.44. The van der Waals surface area contributed by atoms with Crippen LogP contribution in [-0.2, 0) is 0 Å². The highest BCUT2D eigenvalue weighted by Crippen LogP contribution is 2.18. The number of rotatable bonds is 4. The molecule has 18 heavy (non-hydrogen) atoms. The van der Waals surface area contributed by atoms with Crippen molar-refractivity contribution in [3.05, 3.63) is 18.0 Å². The molecule has 0 aliphatic carbocycles. The zero-order valence-electron chi connectivity index (χ0n) is 11.1. The predicted octanol–water partition coefficient (Wildman–Crippen LogP) is 1.52. The first kappa shape index (κ1) is 13.1. The number of aromatic nitrogens is 1. The van der Waals surface area contributed by atoms with Crippen LogP contribution in [-0.4, -0.2) is 41.6 Å². The molecule has 1 N–H and O–H groups in total. The molecule has 1 aromatic heterocycles. The van der Waals surface area contributed by atoms with Crippen LogP contribution in [0.4, 0.5) is 0 Å². The first-order valence-corrected chi connectivity index (χ1v) is 6.59. The van der Waals surface area contributed by atoms with Crippen LogP contribution in [0.2, 0.25) is 0 Å². The van der Waals surface area contributed by atoms with Gasteiger partial charge in [0.15, 0.2) is 0 Å².